The fourth-order valence-electron chi connectivity index (χ4n) is 6.03. The van der Waals surface area contributed by atoms with Gasteiger partial charge in [-0.1, -0.05) is 23.8 Å². The van der Waals surface area contributed by atoms with Gasteiger partial charge in [0.05, 0.1) is 20.6 Å². The van der Waals surface area contributed by atoms with Gasteiger partial charge in [0.15, 0.2) is 11.5 Å². The minimum Gasteiger partial charge on any atom is -0.493 e. The van der Waals surface area contributed by atoms with Gasteiger partial charge in [0, 0.05) is 31.9 Å². The molecule has 4 rings (SSSR count). The van der Waals surface area contributed by atoms with Crippen molar-refractivity contribution in [3.63, 3.8) is 0 Å². The zero-order valence-corrected chi connectivity index (χ0v) is 22.9. The number of carbonyl (C=O) groups is 2. The molecule has 0 unspecified atom stereocenters. The number of anilines is 1. The number of benzene rings is 2. The van der Waals surface area contributed by atoms with E-state index in [0.29, 0.717) is 29.8 Å². The average Bonchev–Trinajstić information content (AvgIpc) is 2.90. The molecular formula is C30H41N3O4. The highest BCUT2D eigenvalue weighted by Crippen LogP contribution is 2.33. The van der Waals surface area contributed by atoms with E-state index in [2.05, 4.69) is 24.4 Å². The Hall–Kier alpha value is -3.22. The van der Waals surface area contributed by atoms with Crippen molar-refractivity contribution >= 4 is 17.6 Å². The first-order valence-corrected chi connectivity index (χ1v) is 13.4. The fourth-order valence-corrected chi connectivity index (χ4v) is 6.03. The van der Waals surface area contributed by atoms with Crippen molar-refractivity contribution < 1.29 is 19.1 Å². The van der Waals surface area contributed by atoms with Gasteiger partial charge < -0.3 is 24.6 Å². The normalized spacial score (nSPS) is 17.0. The molecule has 0 radical (unpaired) electrons. The standard InChI is InChI=1S/C30H41N3O4/c1-20-16-21(2)29(22(3)17-20)31-30(35)33-14-10-25(11-15-33)24-8-12-32(13-9-24)28(34)19-23-6-7-26(36-4)27(18-23)37-5/h6-7,16-18,24-25H,8-15,19H2,1-5H3,(H,31,35). The Labute approximate surface area is 221 Å². The quantitative estimate of drug-likeness (QED) is 0.572. The number of ether oxygens (including phenoxy) is 2. The van der Waals surface area contributed by atoms with Crippen LogP contribution in [0.1, 0.15) is 47.9 Å². The zero-order chi connectivity index (χ0) is 26.5. The molecule has 2 aliphatic rings. The second-order valence-electron chi connectivity index (χ2n) is 10.6. The third-order valence-corrected chi connectivity index (χ3v) is 8.10. The highest BCUT2D eigenvalue weighted by molar-refractivity contribution is 5.91. The van der Waals surface area contributed by atoms with Gasteiger partial charge >= 0.3 is 6.03 Å². The number of amides is 3. The number of methoxy groups -OCH3 is 2. The van der Waals surface area contributed by atoms with Crippen molar-refractivity contribution in [2.75, 3.05) is 45.7 Å². The topological polar surface area (TPSA) is 71.1 Å². The van der Waals surface area contributed by atoms with Gasteiger partial charge in [-0.25, -0.2) is 4.79 Å². The van der Waals surface area contributed by atoms with Crippen LogP contribution in [-0.2, 0) is 11.2 Å². The first kappa shape index (κ1) is 26.8. The van der Waals surface area contributed by atoms with E-state index in [0.717, 1.165) is 74.2 Å². The monoisotopic (exact) mass is 507 g/mol. The minimum absolute atomic E-state index is 0.00378. The summed E-state index contributed by atoms with van der Waals surface area (Å²) >= 11 is 0. The maximum absolute atomic E-state index is 12.9. The number of urea groups is 1. The van der Waals surface area contributed by atoms with Crippen molar-refractivity contribution in [2.24, 2.45) is 11.8 Å². The third-order valence-electron chi connectivity index (χ3n) is 8.10. The number of carbonyl (C=O) groups excluding carboxylic acids is 2. The number of piperidine rings is 2. The van der Waals surface area contributed by atoms with E-state index in [4.69, 9.17) is 9.47 Å². The maximum Gasteiger partial charge on any atom is 0.321 e. The van der Waals surface area contributed by atoms with Crippen LogP contribution in [0.25, 0.3) is 0 Å². The summed E-state index contributed by atoms with van der Waals surface area (Å²) < 4.78 is 10.7. The van der Waals surface area contributed by atoms with E-state index in [1.165, 1.54) is 5.56 Å². The van der Waals surface area contributed by atoms with Crippen molar-refractivity contribution in [2.45, 2.75) is 52.9 Å². The number of nitrogens with one attached hydrogen (secondary N) is 1. The molecule has 0 aliphatic carbocycles. The predicted molar refractivity (Wildman–Crippen MR) is 147 cm³/mol. The molecule has 7 heteroatoms. The van der Waals surface area contributed by atoms with Crippen molar-refractivity contribution in [3.05, 3.63) is 52.6 Å². The SMILES string of the molecule is COc1ccc(CC(=O)N2CCC(C3CCN(C(=O)Nc4c(C)cc(C)cc4C)CC3)CC2)cc1OC. The second kappa shape index (κ2) is 11.9. The summed E-state index contributed by atoms with van der Waals surface area (Å²) in [4.78, 5) is 29.8. The lowest BCUT2D eigenvalue weighted by Crippen LogP contribution is -2.45. The van der Waals surface area contributed by atoms with Crippen molar-refractivity contribution in [3.8, 4) is 11.5 Å². The molecule has 3 amide bonds. The summed E-state index contributed by atoms with van der Waals surface area (Å²) in [7, 11) is 3.22. The van der Waals surface area contributed by atoms with Gasteiger partial charge in [-0.15, -0.1) is 0 Å². The van der Waals surface area contributed by atoms with E-state index >= 15 is 0 Å². The molecule has 0 saturated carbocycles. The molecule has 2 fully saturated rings. The third kappa shape index (κ3) is 6.38. The number of hydrogen-bond donors (Lipinski definition) is 1. The predicted octanol–water partition coefficient (Wildman–Crippen LogP) is 5.35. The van der Waals surface area contributed by atoms with Crippen LogP contribution in [0.5, 0.6) is 11.5 Å². The van der Waals surface area contributed by atoms with E-state index in [1.807, 2.05) is 41.8 Å². The van der Waals surface area contributed by atoms with Gasteiger partial charge in [0.2, 0.25) is 5.91 Å². The fraction of sp³-hybridized carbons (Fsp3) is 0.533. The second-order valence-corrected chi connectivity index (χ2v) is 10.6. The van der Waals surface area contributed by atoms with Gasteiger partial charge in [-0.2, -0.15) is 0 Å². The first-order chi connectivity index (χ1) is 17.8. The molecule has 2 heterocycles. The Bertz CT molecular complexity index is 1090. The molecule has 2 aromatic carbocycles. The largest absolute Gasteiger partial charge is 0.493 e. The Morgan fingerprint density at radius 2 is 1.35 bits per heavy atom. The molecule has 2 saturated heterocycles. The average molecular weight is 508 g/mol. The molecule has 0 spiro atoms. The molecular weight excluding hydrogens is 466 g/mol. The van der Waals surface area contributed by atoms with Crippen molar-refractivity contribution in [1.29, 1.82) is 0 Å². The molecule has 0 bridgehead atoms. The highest BCUT2D eigenvalue weighted by Gasteiger charge is 2.32. The lowest BCUT2D eigenvalue weighted by Gasteiger charge is -2.40. The molecule has 1 N–H and O–H groups in total. The smallest absolute Gasteiger partial charge is 0.321 e. The first-order valence-electron chi connectivity index (χ1n) is 13.4. The molecule has 7 nitrogen and oxygen atoms in total. The molecule has 200 valence electrons. The van der Waals surface area contributed by atoms with Crippen LogP contribution < -0.4 is 14.8 Å². The maximum atomic E-state index is 12.9. The lowest BCUT2D eigenvalue weighted by molar-refractivity contribution is -0.132. The van der Waals surface area contributed by atoms with E-state index in [1.54, 1.807) is 14.2 Å². The van der Waals surface area contributed by atoms with Gasteiger partial charge in [-0.3, -0.25) is 4.79 Å². The van der Waals surface area contributed by atoms with E-state index < -0.39 is 0 Å². The molecule has 2 aliphatic heterocycles. The molecule has 0 aromatic heterocycles. The number of nitrogens with zero attached hydrogens (tertiary/aromatic N) is 2. The summed E-state index contributed by atoms with van der Waals surface area (Å²) in [6.45, 7) is 9.37. The zero-order valence-electron chi connectivity index (χ0n) is 22.9. The lowest BCUT2D eigenvalue weighted by atomic mass is 9.79. The van der Waals surface area contributed by atoms with Crippen LogP contribution in [-0.4, -0.2) is 62.1 Å². The summed E-state index contributed by atoms with van der Waals surface area (Å²) in [6.07, 6.45) is 4.51. The number of likely N-dealkylation sites (tertiary alicyclic amines) is 2. The molecule has 2 aromatic rings. The van der Waals surface area contributed by atoms with Gasteiger partial charge in [-0.05, 0) is 87.1 Å². The van der Waals surface area contributed by atoms with Crippen LogP contribution in [0.4, 0.5) is 10.5 Å². The number of hydrogen-bond acceptors (Lipinski definition) is 4. The minimum atomic E-state index is 0.00378. The van der Waals surface area contributed by atoms with Gasteiger partial charge in [0.25, 0.3) is 0 Å². The Kier molecular flexibility index (Phi) is 8.62. The van der Waals surface area contributed by atoms with Crippen LogP contribution >= 0.6 is 0 Å². The van der Waals surface area contributed by atoms with Gasteiger partial charge in [0.1, 0.15) is 0 Å². The molecule has 37 heavy (non-hydrogen) atoms. The summed E-state index contributed by atoms with van der Waals surface area (Å²) in [5.41, 5.74) is 5.29. The highest BCUT2D eigenvalue weighted by atomic mass is 16.5. The Balaban J connectivity index is 1.23. The molecule has 0 atom stereocenters. The van der Waals surface area contributed by atoms with Crippen LogP contribution in [0.2, 0.25) is 0 Å². The van der Waals surface area contributed by atoms with Crippen molar-refractivity contribution in [1.82, 2.24) is 9.80 Å². The Morgan fingerprint density at radius 3 is 1.89 bits per heavy atom. The van der Waals surface area contributed by atoms with E-state index in [-0.39, 0.29) is 11.9 Å². The number of rotatable bonds is 6. The van der Waals surface area contributed by atoms with E-state index in [9.17, 15) is 9.59 Å². The van der Waals surface area contributed by atoms with Crippen LogP contribution in [0.15, 0.2) is 30.3 Å². The summed E-state index contributed by atoms with van der Waals surface area (Å²) in [6, 6.07) is 9.89. The van der Waals surface area contributed by atoms with Crippen LogP contribution in [0.3, 0.4) is 0 Å². The summed E-state index contributed by atoms with van der Waals surface area (Å²) in [5.74, 6) is 2.73. The Morgan fingerprint density at radius 1 is 0.811 bits per heavy atom. The van der Waals surface area contributed by atoms with Crippen LogP contribution in [0, 0.1) is 32.6 Å². The summed E-state index contributed by atoms with van der Waals surface area (Å²) in [5, 5.41) is 3.15. The number of aryl methyl sites for hydroxylation is 3.